The summed E-state index contributed by atoms with van der Waals surface area (Å²) in [5, 5.41) is 5.67. The van der Waals surface area contributed by atoms with Crippen LogP contribution in [0.15, 0.2) is 12.3 Å². The van der Waals surface area contributed by atoms with Crippen LogP contribution in [0, 0.1) is 0 Å². The van der Waals surface area contributed by atoms with Gasteiger partial charge in [0.2, 0.25) is 0 Å². The number of urea groups is 1. The van der Waals surface area contributed by atoms with E-state index in [1.807, 2.05) is 0 Å². The average molecular weight is 281 g/mol. The molecule has 0 aromatic carbocycles. The highest BCUT2D eigenvalue weighted by atomic mass is 16.5. The van der Waals surface area contributed by atoms with E-state index >= 15 is 0 Å². The number of carbonyl (C=O) groups excluding carboxylic acids is 2. The van der Waals surface area contributed by atoms with Gasteiger partial charge in [0.1, 0.15) is 5.82 Å². The average Bonchev–Trinajstić information content (AvgIpc) is 2.43. The highest BCUT2D eigenvalue weighted by Crippen LogP contribution is 2.15. The van der Waals surface area contributed by atoms with Crippen molar-refractivity contribution in [3.05, 3.63) is 17.8 Å². The fraction of sp³-hybridized carbons (Fsp3) is 0.417. The molecule has 0 fully saturated rings. The second-order valence-electron chi connectivity index (χ2n) is 4.20. The Morgan fingerprint density at radius 2 is 2.10 bits per heavy atom. The molecule has 0 bridgehead atoms. The predicted molar refractivity (Wildman–Crippen MR) is 75.6 cm³/mol. The number of ether oxygens (including phenoxy) is 1. The monoisotopic (exact) mass is 281 g/mol. The Kier molecular flexibility index (Phi) is 5.57. The molecule has 0 aliphatic carbocycles. The van der Waals surface area contributed by atoms with Crippen LogP contribution in [0.3, 0.4) is 0 Å². The summed E-state index contributed by atoms with van der Waals surface area (Å²) in [5.41, 5.74) is 6.15. The lowest BCUT2D eigenvalue weighted by molar-refractivity contribution is 0.0602. The summed E-state index contributed by atoms with van der Waals surface area (Å²) in [7, 11) is 4.60. The van der Waals surface area contributed by atoms with E-state index in [-0.39, 0.29) is 17.3 Å². The molecular formula is C12H19N5O3. The summed E-state index contributed by atoms with van der Waals surface area (Å²) in [6.07, 6.45) is 1.38. The Bertz CT molecular complexity index is 490. The van der Waals surface area contributed by atoms with Gasteiger partial charge in [0.05, 0.1) is 24.6 Å². The highest BCUT2D eigenvalue weighted by molar-refractivity contribution is 5.95. The molecule has 1 heterocycles. The van der Waals surface area contributed by atoms with E-state index in [9.17, 15) is 9.59 Å². The number of nitrogens with zero attached hydrogens (tertiary/aromatic N) is 2. The Hall–Kier alpha value is -2.51. The maximum Gasteiger partial charge on any atom is 0.340 e. The molecule has 0 aliphatic heterocycles. The lowest BCUT2D eigenvalue weighted by atomic mass is 10.2. The molecule has 2 amide bonds. The van der Waals surface area contributed by atoms with E-state index in [2.05, 4.69) is 20.4 Å². The number of carbonyl (C=O) groups is 2. The summed E-state index contributed by atoms with van der Waals surface area (Å²) in [4.78, 5) is 28.2. The van der Waals surface area contributed by atoms with Crippen molar-refractivity contribution in [3.8, 4) is 0 Å². The number of nitrogens with two attached hydrogens (primary N) is 1. The third-order valence-electron chi connectivity index (χ3n) is 2.45. The Balaban J connectivity index is 2.53. The molecule has 1 rings (SSSR count). The normalized spacial score (nSPS) is 9.75. The number of esters is 1. The van der Waals surface area contributed by atoms with Crippen LogP contribution in [-0.4, -0.2) is 56.2 Å². The molecule has 20 heavy (non-hydrogen) atoms. The minimum absolute atomic E-state index is 0.174. The van der Waals surface area contributed by atoms with Crippen molar-refractivity contribution in [2.45, 2.75) is 0 Å². The van der Waals surface area contributed by atoms with Crippen molar-refractivity contribution in [1.82, 2.24) is 15.2 Å². The molecule has 0 saturated heterocycles. The van der Waals surface area contributed by atoms with Crippen LogP contribution in [0.4, 0.5) is 16.3 Å². The number of rotatable bonds is 5. The molecule has 0 aliphatic rings. The molecule has 8 nitrogen and oxygen atoms in total. The maximum atomic E-state index is 11.5. The molecule has 0 unspecified atom stereocenters. The van der Waals surface area contributed by atoms with Crippen molar-refractivity contribution in [1.29, 1.82) is 0 Å². The van der Waals surface area contributed by atoms with Gasteiger partial charge in [-0.05, 0) is 6.07 Å². The SMILES string of the molecule is COC(=O)c1cc(NCCNC(=O)N(C)C)ncc1N. The molecular weight excluding hydrogens is 262 g/mol. The summed E-state index contributed by atoms with van der Waals surface area (Å²) in [6, 6.07) is 1.34. The van der Waals surface area contributed by atoms with Crippen molar-refractivity contribution >= 4 is 23.5 Å². The lowest BCUT2D eigenvalue weighted by Gasteiger charge is -2.12. The summed E-state index contributed by atoms with van der Waals surface area (Å²) in [6.45, 7) is 0.897. The predicted octanol–water partition coefficient (Wildman–Crippen LogP) is 0.134. The van der Waals surface area contributed by atoms with Crippen molar-refractivity contribution in [2.24, 2.45) is 0 Å². The first-order chi connectivity index (χ1) is 9.45. The second kappa shape index (κ2) is 7.17. The summed E-state index contributed by atoms with van der Waals surface area (Å²) < 4.78 is 4.62. The number of hydrogen-bond donors (Lipinski definition) is 3. The maximum absolute atomic E-state index is 11.5. The van der Waals surface area contributed by atoms with Gasteiger partial charge in [0, 0.05) is 27.2 Å². The van der Waals surface area contributed by atoms with Gasteiger partial charge in [-0.15, -0.1) is 0 Å². The number of hydrogen-bond acceptors (Lipinski definition) is 6. The first kappa shape index (κ1) is 15.5. The topological polar surface area (TPSA) is 110 Å². The number of nitrogen functional groups attached to an aromatic ring is 1. The molecule has 1 aromatic rings. The van der Waals surface area contributed by atoms with E-state index in [1.165, 1.54) is 24.3 Å². The van der Waals surface area contributed by atoms with Gasteiger partial charge in [-0.2, -0.15) is 0 Å². The smallest absolute Gasteiger partial charge is 0.340 e. The van der Waals surface area contributed by atoms with Gasteiger partial charge in [-0.1, -0.05) is 0 Å². The number of anilines is 2. The standard InChI is InChI=1S/C12H19N5O3/c1-17(2)12(19)15-5-4-14-10-6-8(11(18)20-3)9(13)7-16-10/h6-7H,4-5,13H2,1-3H3,(H,14,16)(H,15,19). The van der Waals surface area contributed by atoms with Crippen LogP contribution >= 0.6 is 0 Å². The molecule has 110 valence electrons. The van der Waals surface area contributed by atoms with E-state index in [0.717, 1.165) is 0 Å². The van der Waals surface area contributed by atoms with Crippen LogP contribution in [0.5, 0.6) is 0 Å². The van der Waals surface area contributed by atoms with Crippen LogP contribution in [0.1, 0.15) is 10.4 Å². The van der Waals surface area contributed by atoms with Gasteiger partial charge in [0.15, 0.2) is 0 Å². The largest absolute Gasteiger partial charge is 0.465 e. The van der Waals surface area contributed by atoms with E-state index in [1.54, 1.807) is 14.1 Å². The molecule has 0 spiro atoms. The van der Waals surface area contributed by atoms with Crippen LogP contribution in [-0.2, 0) is 4.74 Å². The fourth-order valence-electron chi connectivity index (χ4n) is 1.37. The first-order valence-corrected chi connectivity index (χ1v) is 5.98. The first-order valence-electron chi connectivity index (χ1n) is 5.98. The number of aromatic nitrogens is 1. The van der Waals surface area contributed by atoms with Crippen LogP contribution < -0.4 is 16.4 Å². The number of amides is 2. The molecule has 0 saturated carbocycles. The molecule has 0 atom stereocenters. The van der Waals surface area contributed by atoms with Crippen molar-refractivity contribution < 1.29 is 14.3 Å². The lowest BCUT2D eigenvalue weighted by Crippen LogP contribution is -2.37. The Morgan fingerprint density at radius 3 is 2.70 bits per heavy atom. The third kappa shape index (κ3) is 4.30. The zero-order valence-electron chi connectivity index (χ0n) is 11.8. The molecule has 4 N–H and O–H groups in total. The minimum atomic E-state index is -0.520. The zero-order chi connectivity index (χ0) is 15.1. The van der Waals surface area contributed by atoms with Gasteiger partial charge >= 0.3 is 12.0 Å². The minimum Gasteiger partial charge on any atom is -0.465 e. The molecule has 8 heteroatoms. The number of nitrogens with one attached hydrogen (secondary N) is 2. The van der Waals surface area contributed by atoms with E-state index in [4.69, 9.17) is 5.73 Å². The van der Waals surface area contributed by atoms with Gasteiger partial charge in [-0.25, -0.2) is 14.6 Å². The van der Waals surface area contributed by atoms with Crippen LogP contribution in [0.25, 0.3) is 0 Å². The third-order valence-corrected chi connectivity index (χ3v) is 2.45. The summed E-state index contributed by atoms with van der Waals surface area (Å²) >= 11 is 0. The van der Waals surface area contributed by atoms with Gasteiger partial charge < -0.3 is 26.0 Å². The molecule has 1 aromatic heterocycles. The van der Waals surface area contributed by atoms with Crippen molar-refractivity contribution in [3.63, 3.8) is 0 Å². The van der Waals surface area contributed by atoms with Gasteiger partial charge in [-0.3, -0.25) is 0 Å². The number of methoxy groups -OCH3 is 1. The van der Waals surface area contributed by atoms with E-state index in [0.29, 0.717) is 18.9 Å². The Labute approximate surface area is 117 Å². The number of pyridine rings is 1. The zero-order valence-corrected chi connectivity index (χ0v) is 11.8. The van der Waals surface area contributed by atoms with Crippen molar-refractivity contribution in [2.75, 3.05) is 45.3 Å². The van der Waals surface area contributed by atoms with E-state index < -0.39 is 5.97 Å². The second-order valence-corrected chi connectivity index (χ2v) is 4.20. The Morgan fingerprint density at radius 1 is 1.40 bits per heavy atom. The van der Waals surface area contributed by atoms with Gasteiger partial charge in [0.25, 0.3) is 0 Å². The van der Waals surface area contributed by atoms with Crippen LogP contribution in [0.2, 0.25) is 0 Å². The fourth-order valence-corrected chi connectivity index (χ4v) is 1.37. The molecule has 0 radical (unpaired) electrons. The quantitative estimate of drug-likeness (QED) is 0.523. The highest BCUT2D eigenvalue weighted by Gasteiger charge is 2.11. The summed E-state index contributed by atoms with van der Waals surface area (Å²) in [5.74, 6) is -0.0347.